The Balaban J connectivity index is 1.55. The van der Waals surface area contributed by atoms with E-state index in [1.165, 1.54) is 58.0 Å². The van der Waals surface area contributed by atoms with Crippen molar-refractivity contribution in [2.75, 3.05) is 26.2 Å². The molecule has 4 atom stereocenters. The molecule has 4 unspecified atom stereocenters. The van der Waals surface area contributed by atoms with Gasteiger partial charge in [0.2, 0.25) is 0 Å². The zero-order valence-electron chi connectivity index (χ0n) is 12.4. The fourth-order valence-corrected chi connectivity index (χ4v) is 4.29. The van der Waals surface area contributed by atoms with Crippen LogP contribution in [0.15, 0.2) is 0 Å². The molecule has 110 valence electrons. The number of rotatable bonds is 3. The van der Waals surface area contributed by atoms with Crippen LogP contribution in [0, 0.1) is 5.92 Å². The van der Waals surface area contributed by atoms with Gasteiger partial charge in [0.25, 0.3) is 0 Å². The fraction of sp³-hybridized carbons (Fsp3) is 1.00. The van der Waals surface area contributed by atoms with E-state index in [0.717, 1.165) is 25.1 Å². The van der Waals surface area contributed by atoms with Gasteiger partial charge in [0.15, 0.2) is 0 Å². The summed E-state index contributed by atoms with van der Waals surface area (Å²) in [6.07, 6.45) is 10.1. The van der Waals surface area contributed by atoms with E-state index in [2.05, 4.69) is 17.1 Å². The van der Waals surface area contributed by atoms with E-state index in [1.54, 1.807) is 0 Å². The standard InChI is InChI=1S/C16H30N2O/c1-2-13-7-8-17-14(11-13)12-18-9-10-19-16-6-4-3-5-15(16)18/h13-17H,2-12H2,1H3. The molecule has 3 aliphatic rings. The third kappa shape index (κ3) is 3.32. The van der Waals surface area contributed by atoms with Crippen molar-refractivity contribution in [3.63, 3.8) is 0 Å². The summed E-state index contributed by atoms with van der Waals surface area (Å²) < 4.78 is 5.98. The number of hydrogen-bond donors (Lipinski definition) is 1. The highest BCUT2D eigenvalue weighted by molar-refractivity contribution is 4.90. The zero-order chi connectivity index (χ0) is 13.1. The van der Waals surface area contributed by atoms with Gasteiger partial charge in [-0.3, -0.25) is 4.90 Å². The third-order valence-electron chi connectivity index (χ3n) is 5.48. The molecule has 3 fully saturated rings. The van der Waals surface area contributed by atoms with Crippen LogP contribution in [0.3, 0.4) is 0 Å². The second kappa shape index (κ2) is 6.55. The lowest BCUT2D eigenvalue weighted by Crippen LogP contribution is -2.57. The van der Waals surface area contributed by atoms with Gasteiger partial charge >= 0.3 is 0 Å². The van der Waals surface area contributed by atoms with Crippen molar-refractivity contribution >= 4 is 0 Å². The van der Waals surface area contributed by atoms with Crippen molar-refractivity contribution in [1.82, 2.24) is 10.2 Å². The molecule has 0 bridgehead atoms. The van der Waals surface area contributed by atoms with Gasteiger partial charge in [-0.1, -0.05) is 26.2 Å². The first kappa shape index (κ1) is 13.8. The van der Waals surface area contributed by atoms with Crippen molar-refractivity contribution < 1.29 is 4.74 Å². The van der Waals surface area contributed by atoms with Crippen LogP contribution in [0.5, 0.6) is 0 Å². The van der Waals surface area contributed by atoms with E-state index in [1.807, 2.05) is 0 Å². The largest absolute Gasteiger partial charge is 0.375 e. The molecule has 2 aliphatic heterocycles. The molecule has 0 aromatic rings. The minimum Gasteiger partial charge on any atom is -0.375 e. The maximum absolute atomic E-state index is 5.98. The number of piperidine rings is 1. The first-order chi connectivity index (χ1) is 9.36. The Morgan fingerprint density at radius 1 is 1.21 bits per heavy atom. The van der Waals surface area contributed by atoms with Crippen molar-refractivity contribution in [3.8, 4) is 0 Å². The van der Waals surface area contributed by atoms with Crippen molar-refractivity contribution in [3.05, 3.63) is 0 Å². The van der Waals surface area contributed by atoms with Crippen LogP contribution in [0.25, 0.3) is 0 Å². The maximum Gasteiger partial charge on any atom is 0.0730 e. The Morgan fingerprint density at radius 3 is 3.00 bits per heavy atom. The molecule has 3 heteroatoms. The predicted octanol–water partition coefficient (Wildman–Crippen LogP) is 2.41. The second-order valence-corrected chi connectivity index (χ2v) is 6.71. The third-order valence-corrected chi connectivity index (χ3v) is 5.48. The Morgan fingerprint density at radius 2 is 2.11 bits per heavy atom. The minimum atomic E-state index is 0.535. The number of morpholine rings is 1. The van der Waals surface area contributed by atoms with Crippen molar-refractivity contribution in [2.45, 2.75) is 70.1 Å². The molecular weight excluding hydrogens is 236 g/mol. The van der Waals surface area contributed by atoms with Crippen LogP contribution in [-0.2, 0) is 4.74 Å². The van der Waals surface area contributed by atoms with Crippen LogP contribution in [0.4, 0.5) is 0 Å². The van der Waals surface area contributed by atoms with E-state index >= 15 is 0 Å². The Hall–Kier alpha value is -0.120. The molecule has 0 aromatic carbocycles. The van der Waals surface area contributed by atoms with Crippen LogP contribution in [0.1, 0.15) is 51.9 Å². The molecule has 0 aromatic heterocycles. The molecule has 1 aliphatic carbocycles. The van der Waals surface area contributed by atoms with Gasteiger partial charge in [-0.15, -0.1) is 0 Å². The van der Waals surface area contributed by atoms with E-state index in [4.69, 9.17) is 4.74 Å². The van der Waals surface area contributed by atoms with Crippen molar-refractivity contribution in [2.24, 2.45) is 5.92 Å². The number of fused-ring (bicyclic) bond motifs is 1. The predicted molar refractivity (Wildman–Crippen MR) is 78.4 cm³/mol. The van der Waals surface area contributed by atoms with Gasteiger partial charge in [-0.05, 0) is 38.1 Å². The van der Waals surface area contributed by atoms with Gasteiger partial charge in [-0.2, -0.15) is 0 Å². The maximum atomic E-state index is 5.98. The van der Waals surface area contributed by atoms with Crippen LogP contribution in [-0.4, -0.2) is 49.3 Å². The molecule has 1 saturated carbocycles. The van der Waals surface area contributed by atoms with Gasteiger partial charge in [0, 0.05) is 25.2 Å². The molecule has 0 radical (unpaired) electrons. The van der Waals surface area contributed by atoms with Crippen LogP contribution >= 0.6 is 0 Å². The molecule has 0 spiro atoms. The monoisotopic (exact) mass is 266 g/mol. The lowest BCUT2D eigenvalue weighted by molar-refractivity contribution is -0.0911. The number of hydrogen-bond acceptors (Lipinski definition) is 3. The number of nitrogens with zero attached hydrogens (tertiary/aromatic N) is 1. The topological polar surface area (TPSA) is 24.5 Å². The average molecular weight is 266 g/mol. The number of ether oxygens (including phenoxy) is 1. The van der Waals surface area contributed by atoms with Crippen molar-refractivity contribution in [1.29, 1.82) is 0 Å². The summed E-state index contributed by atoms with van der Waals surface area (Å²) in [5.74, 6) is 0.953. The summed E-state index contributed by atoms with van der Waals surface area (Å²) in [6.45, 7) is 6.92. The first-order valence-corrected chi connectivity index (χ1v) is 8.46. The molecule has 19 heavy (non-hydrogen) atoms. The SMILES string of the molecule is CCC1CCNC(CN2CCOC3CCCCC32)C1. The molecule has 3 rings (SSSR count). The van der Waals surface area contributed by atoms with E-state index in [-0.39, 0.29) is 0 Å². The first-order valence-electron chi connectivity index (χ1n) is 8.46. The van der Waals surface area contributed by atoms with E-state index in [9.17, 15) is 0 Å². The Kier molecular flexibility index (Phi) is 4.78. The molecule has 2 saturated heterocycles. The summed E-state index contributed by atoms with van der Waals surface area (Å²) in [7, 11) is 0. The second-order valence-electron chi connectivity index (χ2n) is 6.71. The van der Waals surface area contributed by atoms with E-state index in [0.29, 0.717) is 12.1 Å². The molecule has 1 N–H and O–H groups in total. The fourth-order valence-electron chi connectivity index (χ4n) is 4.29. The van der Waals surface area contributed by atoms with E-state index < -0.39 is 0 Å². The molecule has 3 nitrogen and oxygen atoms in total. The average Bonchev–Trinajstić information content (AvgIpc) is 2.48. The summed E-state index contributed by atoms with van der Waals surface area (Å²) in [4.78, 5) is 2.74. The summed E-state index contributed by atoms with van der Waals surface area (Å²) in [5, 5.41) is 3.74. The normalized spacial score (nSPS) is 40.9. The quantitative estimate of drug-likeness (QED) is 0.849. The highest BCUT2D eigenvalue weighted by atomic mass is 16.5. The summed E-state index contributed by atoms with van der Waals surface area (Å²) in [5.41, 5.74) is 0. The molecule has 0 amide bonds. The lowest BCUT2D eigenvalue weighted by atomic mass is 9.87. The highest BCUT2D eigenvalue weighted by Gasteiger charge is 2.35. The van der Waals surface area contributed by atoms with Crippen LogP contribution < -0.4 is 5.32 Å². The number of nitrogens with one attached hydrogen (secondary N) is 1. The van der Waals surface area contributed by atoms with Gasteiger partial charge in [0.1, 0.15) is 0 Å². The van der Waals surface area contributed by atoms with Crippen LogP contribution in [0.2, 0.25) is 0 Å². The summed E-state index contributed by atoms with van der Waals surface area (Å²) in [6, 6.07) is 1.44. The van der Waals surface area contributed by atoms with Gasteiger partial charge in [-0.25, -0.2) is 0 Å². The molecule has 2 heterocycles. The molecular formula is C16H30N2O. The zero-order valence-corrected chi connectivity index (χ0v) is 12.4. The highest BCUT2D eigenvalue weighted by Crippen LogP contribution is 2.29. The lowest BCUT2D eigenvalue weighted by Gasteiger charge is -2.45. The van der Waals surface area contributed by atoms with Gasteiger partial charge in [0.05, 0.1) is 12.7 Å². The Bertz CT molecular complexity index is 282. The smallest absolute Gasteiger partial charge is 0.0730 e. The van der Waals surface area contributed by atoms with Gasteiger partial charge < -0.3 is 10.1 Å². The summed E-state index contributed by atoms with van der Waals surface area (Å²) >= 11 is 0. The minimum absolute atomic E-state index is 0.535. The Labute approximate surface area is 118 Å².